The summed E-state index contributed by atoms with van der Waals surface area (Å²) in [4.78, 5) is 9.65. The van der Waals surface area contributed by atoms with Gasteiger partial charge in [0.1, 0.15) is 11.6 Å². The largest absolute Gasteiger partial charge is 0.373 e. The van der Waals surface area contributed by atoms with E-state index in [1.54, 1.807) is 0 Å². The highest BCUT2D eigenvalue weighted by Crippen LogP contribution is 2.36. The molecule has 0 aromatic carbocycles. The van der Waals surface area contributed by atoms with E-state index in [2.05, 4.69) is 5.32 Å². The first kappa shape index (κ1) is 12.3. The van der Waals surface area contributed by atoms with Crippen LogP contribution in [-0.2, 0) is 11.5 Å². The van der Waals surface area contributed by atoms with E-state index in [0.29, 0.717) is 5.92 Å². The standard InChI is InChI=1S/C14H21N3S/c1-15-14-11-8-18-9-12(11)16-13(17-14)10-6-4-2-3-5-7-10/h10H,2-9H2,1H3,(H,15,16,17). The van der Waals surface area contributed by atoms with E-state index >= 15 is 0 Å². The third kappa shape index (κ3) is 2.35. The Balaban J connectivity index is 1.91. The van der Waals surface area contributed by atoms with Gasteiger partial charge in [0, 0.05) is 30.0 Å². The van der Waals surface area contributed by atoms with Crippen molar-refractivity contribution >= 4 is 17.6 Å². The van der Waals surface area contributed by atoms with Crippen molar-refractivity contribution in [3.8, 4) is 0 Å². The summed E-state index contributed by atoms with van der Waals surface area (Å²) in [5.41, 5.74) is 2.61. The first-order valence-corrected chi connectivity index (χ1v) is 8.19. The molecule has 0 saturated heterocycles. The lowest BCUT2D eigenvalue weighted by molar-refractivity contribution is 0.559. The van der Waals surface area contributed by atoms with Gasteiger partial charge in [-0.3, -0.25) is 0 Å². The number of hydrogen-bond donors (Lipinski definition) is 1. The number of nitrogens with zero attached hydrogens (tertiary/aromatic N) is 2. The zero-order chi connectivity index (χ0) is 12.4. The summed E-state index contributed by atoms with van der Waals surface area (Å²) in [6.07, 6.45) is 8.00. The van der Waals surface area contributed by atoms with Gasteiger partial charge >= 0.3 is 0 Å². The number of fused-ring (bicyclic) bond motifs is 1. The third-order valence-electron chi connectivity index (χ3n) is 4.05. The predicted molar refractivity (Wildman–Crippen MR) is 77.0 cm³/mol. The van der Waals surface area contributed by atoms with Crippen LogP contribution in [0.15, 0.2) is 0 Å². The van der Waals surface area contributed by atoms with Gasteiger partial charge in [-0.25, -0.2) is 9.97 Å². The first-order chi connectivity index (χ1) is 8.88. The van der Waals surface area contributed by atoms with Crippen LogP contribution in [0.2, 0.25) is 0 Å². The number of thioether (sulfide) groups is 1. The summed E-state index contributed by atoms with van der Waals surface area (Å²) in [6, 6.07) is 0. The Hall–Kier alpha value is -0.770. The van der Waals surface area contributed by atoms with E-state index in [1.165, 1.54) is 49.8 Å². The van der Waals surface area contributed by atoms with Crippen molar-refractivity contribution in [1.29, 1.82) is 0 Å². The number of aromatic nitrogens is 2. The van der Waals surface area contributed by atoms with Crippen LogP contribution in [0.3, 0.4) is 0 Å². The average molecular weight is 263 g/mol. The number of anilines is 1. The zero-order valence-electron chi connectivity index (χ0n) is 11.0. The van der Waals surface area contributed by atoms with Gasteiger partial charge in [-0.05, 0) is 12.8 Å². The molecule has 0 spiro atoms. The smallest absolute Gasteiger partial charge is 0.134 e. The monoisotopic (exact) mass is 263 g/mol. The Labute approximate surface area is 113 Å². The van der Waals surface area contributed by atoms with Gasteiger partial charge in [-0.15, -0.1) is 0 Å². The van der Waals surface area contributed by atoms with Crippen LogP contribution in [0.1, 0.15) is 61.5 Å². The summed E-state index contributed by atoms with van der Waals surface area (Å²) >= 11 is 1.95. The van der Waals surface area contributed by atoms with Crippen molar-refractivity contribution in [3.05, 3.63) is 17.1 Å². The van der Waals surface area contributed by atoms with Crippen LogP contribution in [-0.4, -0.2) is 17.0 Å². The minimum absolute atomic E-state index is 0.593. The summed E-state index contributed by atoms with van der Waals surface area (Å²) in [5.74, 6) is 4.89. The highest BCUT2D eigenvalue weighted by atomic mass is 32.2. The first-order valence-electron chi connectivity index (χ1n) is 7.03. The maximum absolute atomic E-state index is 4.86. The lowest BCUT2D eigenvalue weighted by Gasteiger charge is -2.15. The summed E-state index contributed by atoms with van der Waals surface area (Å²) in [6.45, 7) is 0. The normalized spacial score (nSPS) is 20.5. The molecule has 18 heavy (non-hydrogen) atoms. The molecule has 2 aliphatic rings. The number of nitrogens with one attached hydrogen (secondary N) is 1. The molecular formula is C14H21N3S. The third-order valence-corrected chi connectivity index (χ3v) is 5.02. The second-order valence-electron chi connectivity index (χ2n) is 5.29. The topological polar surface area (TPSA) is 37.8 Å². The van der Waals surface area contributed by atoms with Gasteiger partial charge in [0.15, 0.2) is 0 Å². The lowest BCUT2D eigenvalue weighted by atomic mass is 9.99. The summed E-state index contributed by atoms with van der Waals surface area (Å²) < 4.78 is 0. The van der Waals surface area contributed by atoms with Crippen molar-refractivity contribution in [3.63, 3.8) is 0 Å². The van der Waals surface area contributed by atoms with Crippen molar-refractivity contribution in [2.24, 2.45) is 0 Å². The molecule has 0 unspecified atom stereocenters. The van der Waals surface area contributed by atoms with Gasteiger partial charge in [0.05, 0.1) is 5.69 Å². The summed E-state index contributed by atoms with van der Waals surface area (Å²) in [7, 11) is 1.97. The van der Waals surface area contributed by atoms with Crippen molar-refractivity contribution in [2.45, 2.75) is 55.9 Å². The molecule has 1 aromatic rings. The predicted octanol–water partition coefficient (Wildman–Crippen LogP) is 3.70. The maximum Gasteiger partial charge on any atom is 0.134 e. The molecule has 0 bridgehead atoms. The molecule has 2 heterocycles. The van der Waals surface area contributed by atoms with Gasteiger partial charge in [-0.1, -0.05) is 25.7 Å². The minimum atomic E-state index is 0.593. The lowest BCUT2D eigenvalue weighted by Crippen LogP contribution is -2.10. The second kappa shape index (κ2) is 5.47. The van der Waals surface area contributed by atoms with Gasteiger partial charge < -0.3 is 5.32 Å². The average Bonchev–Trinajstić information content (AvgIpc) is 2.71. The Morgan fingerprint density at radius 1 is 1.06 bits per heavy atom. The van der Waals surface area contributed by atoms with Crippen LogP contribution in [0, 0.1) is 0 Å². The molecule has 3 nitrogen and oxygen atoms in total. The molecule has 1 aliphatic carbocycles. The Bertz CT molecular complexity index is 425. The molecule has 1 aliphatic heterocycles. The van der Waals surface area contributed by atoms with Crippen LogP contribution < -0.4 is 5.32 Å². The van der Waals surface area contributed by atoms with Crippen molar-refractivity contribution in [2.75, 3.05) is 12.4 Å². The molecule has 98 valence electrons. The fraction of sp³-hybridized carbons (Fsp3) is 0.714. The van der Waals surface area contributed by atoms with E-state index < -0.39 is 0 Å². The van der Waals surface area contributed by atoms with Crippen LogP contribution >= 0.6 is 11.8 Å². The molecule has 1 fully saturated rings. The molecule has 0 radical (unpaired) electrons. The maximum atomic E-state index is 4.86. The minimum Gasteiger partial charge on any atom is -0.373 e. The Kier molecular flexibility index (Phi) is 3.73. The van der Waals surface area contributed by atoms with Gasteiger partial charge in [0.25, 0.3) is 0 Å². The van der Waals surface area contributed by atoms with Gasteiger partial charge in [-0.2, -0.15) is 11.8 Å². The van der Waals surface area contributed by atoms with E-state index in [4.69, 9.17) is 9.97 Å². The highest BCUT2D eigenvalue weighted by molar-refractivity contribution is 7.98. The molecular weight excluding hydrogens is 242 g/mol. The van der Waals surface area contributed by atoms with Crippen LogP contribution in [0.4, 0.5) is 5.82 Å². The number of rotatable bonds is 2. The molecule has 3 rings (SSSR count). The van der Waals surface area contributed by atoms with Gasteiger partial charge in [0.2, 0.25) is 0 Å². The SMILES string of the molecule is CNc1nc(C2CCCCCC2)nc2c1CSC2. The summed E-state index contributed by atoms with van der Waals surface area (Å²) in [5, 5.41) is 3.26. The Morgan fingerprint density at radius 2 is 1.83 bits per heavy atom. The van der Waals surface area contributed by atoms with Crippen molar-refractivity contribution < 1.29 is 0 Å². The molecule has 0 amide bonds. The van der Waals surface area contributed by atoms with E-state index in [0.717, 1.165) is 23.1 Å². The second-order valence-corrected chi connectivity index (χ2v) is 6.27. The molecule has 0 atom stereocenters. The zero-order valence-corrected chi connectivity index (χ0v) is 11.9. The van der Waals surface area contributed by atoms with Crippen LogP contribution in [0.5, 0.6) is 0 Å². The van der Waals surface area contributed by atoms with E-state index in [9.17, 15) is 0 Å². The highest BCUT2D eigenvalue weighted by Gasteiger charge is 2.23. The molecule has 1 N–H and O–H groups in total. The molecule has 1 saturated carbocycles. The van der Waals surface area contributed by atoms with Crippen molar-refractivity contribution in [1.82, 2.24) is 9.97 Å². The fourth-order valence-corrected chi connectivity index (χ4v) is 4.04. The Morgan fingerprint density at radius 3 is 2.56 bits per heavy atom. The van der Waals surface area contributed by atoms with Crippen LogP contribution in [0.25, 0.3) is 0 Å². The number of hydrogen-bond acceptors (Lipinski definition) is 4. The fourth-order valence-electron chi connectivity index (χ4n) is 3.00. The quantitative estimate of drug-likeness (QED) is 0.826. The molecule has 1 aromatic heterocycles. The molecule has 4 heteroatoms. The van der Waals surface area contributed by atoms with E-state index in [-0.39, 0.29) is 0 Å². The van der Waals surface area contributed by atoms with E-state index in [1.807, 2.05) is 18.8 Å².